The van der Waals surface area contributed by atoms with Crippen LogP contribution in [0.25, 0.3) is 0 Å². The van der Waals surface area contributed by atoms with E-state index in [0.29, 0.717) is 6.29 Å². The molecule has 2 aromatic carbocycles. The summed E-state index contributed by atoms with van der Waals surface area (Å²) >= 11 is 0. The SMILES string of the molecule is O=Cc1cc([N+](=O)[O-])ccc1OCc1cc(F)cc(F)c1. The molecule has 0 saturated heterocycles. The zero-order chi connectivity index (χ0) is 15.4. The van der Waals surface area contributed by atoms with Gasteiger partial charge in [0.05, 0.1) is 10.5 Å². The lowest BCUT2D eigenvalue weighted by atomic mass is 10.2. The van der Waals surface area contributed by atoms with E-state index in [9.17, 15) is 23.7 Å². The molecule has 2 rings (SSSR count). The zero-order valence-corrected chi connectivity index (χ0v) is 10.6. The minimum atomic E-state index is -0.743. The van der Waals surface area contributed by atoms with Gasteiger partial charge in [0.15, 0.2) is 6.29 Å². The van der Waals surface area contributed by atoms with Crippen molar-refractivity contribution in [2.45, 2.75) is 6.61 Å². The van der Waals surface area contributed by atoms with Crippen LogP contribution < -0.4 is 4.74 Å². The minimum absolute atomic E-state index is 0.0129. The van der Waals surface area contributed by atoms with Crippen LogP contribution >= 0.6 is 0 Å². The summed E-state index contributed by atoms with van der Waals surface area (Å²) in [5.74, 6) is -1.39. The fourth-order valence-corrected chi connectivity index (χ4v) is 1.73. The molecule has 0 spiro atoms. The van der Waals surface area contributed by atoms with Gasteiger partial charge in [-0.25, -0.2) is 8.78 Å². The fourth-order valence-electron chi connectivity index (χ4n) is 1.73. The molecule has 0 N–H and O–H groups in total. The Morgan fingerprint density at radius 2 is 1.81 bits per heavy atom. The number of hydrogen-bond acceptors (Lipinski definition) is 4. The average molecular weight is 293 g/mol. The lowest BCUT2D eigenvalue weighted by molar-refractivity contribution is -0.384. The van der Waals surface area contributed by atoms with Crippen molar-refractivity contribution in [2.24, 2.45) is 0 Å². The van der Waals surface area contributed by atoms with Crippen molar-refractivity contribution in [1.29, 1.82) is 0 Å². The fraction of sp³-hybridized carbons (Fsp3) is 0.0714. The van der Waals surface area contributed by atoms with Gasteiger partial charge in [0.2, 0.25) is 0 Å². The highest BCUT2D eigenvalue weighted by molar-refractivity contribution is 5.80. The maximum atomic E-state index is 13.0. The lowest BCUT2D eigenvalue weighted by Gasteiger charge is -2.08. The summed E-state index contributed by atoms with van der Waals surface area (Å²) in [6, 6.07) is 6.41. The highest BCUT2D eigenvalue weighted by Crippen LogP contribution is 2.23. The van der Waals surface area contributed by atoms with Crippen molar-refractivity contribution in [3.63, 3.8) is 0 Å². The van der Waals surface area contributed by atoms with Crippen LogP contribution in [-0.4, -0.2) is 11.2 Å². The van der Waals surface area contributed by atoms with Gasteiger partial charge >= 0.3 is 0 Å². The average Bonchev–Trinajstić information content (AvgIpc) is 2.43. The van der Waals surface area contributed by atoms with Crippen LogP contribution in [0.1, 0.15) is 15.9 Å². The number of carbonyl (C=O) groups is 1. The summed E-state index contributed by atoms with van der Waals surface area (Å²) in [6.07, 6.45) is 0.411. The molecule has 7 heteroatoms. The molecule has 21 heavy (non-hydrogen) atoms. The van der Waals surface area contributed by atoms with Gasteiger partial charge < -0.3 is 4.74 Å². The number of ether oxygens (including phenoxy) is 1. The predicted octanol–water partition coefficient (Wildman–Crippen LogP) is 3.26. The van der Waals surface area contributed by atoms with Gasteiger partial charge in [0, 0.05) is 18.2 Å². The summed E-state index contributed by atoms with van der Waals surface area (Å²) in [6.45, 7) is -0.173. The number of aldehydes is 1. The molecule has 0 amide bonds. The van der Waals surface area contributed by atoms with Gasteiger partial charge in [-0.1, -0.05) is 0 Å². The summed E-state index contributed by atoms with van der Waals surface area (Å²) < 4.78 is 31.3. The molecule has 0 heterocycles. The first-order valence-corrected chi connectivity index (χ1v) is 5.81. The first kappa shape index (κ1) is 14.6. The Kier molecular flexibility index (Phi) is 4.22. The van der Waals surface area contributed by atoms with Gasteiger partial charge in [-0.15, -0.1) is 0 Å². The molecule has 0 aliphatic rings. The van der Waals surface area contributed by atoms with Crippen molar-refractivity contribution in [3.8, 4) is 5.75 Å². The van der Waals surface area contributed by atoms with Crippen molar-refractivity contribution in [1.82, 2.24) is 0 Å². The molecule has 0 aliphatic heterocycles. The number of rotatable bonds is 5. The van der Waals surface area contributed by atoms with Crippen molar-refractivity contribution in [3.05, 3.63) is 69.3 Å². The Labute approximate surface area is 117 Å². The normalized spacial score (nSPS) is 10.2. The van der Waals surface area contributed by atoms with E-state index in [2.05, 4.69) is 0 Å². The lowest BCUT2D eigenvalue weighted by Crippen LogP contribution is -2.00. The number of hydrogen-bond donors (Lipinski definition) is 0. The highest BCUT2D eigenvalue weighted by Gasteiger charge is 2.11. The zero-order valence-electron chi connectivity index (χ0n) is 10.6. The van der Waals surface area contributed by atoms with E-state index in [1.165, 1.54) is 12.1 Å². The van der Waals surface area contributed by atoms with Crippen LogP contribution in [-0.2, 0) is 6.61 Å². The molecular weight excluding hydrogens is 284 g/mol. The van der Waals surface area contributed by atoms with Gasteiger partial charge in [-0.3, -0.25) is 14.9 Å². The van der Waals surface area contributed by atoms with Crippen LogP contribution in [0.15, 0.2) is 36.4 Å². The number of non-ortho nitro benzene ring substituents is 1. The topological polar surface area (TPSA) is 69.4 Å². The van der Waals surface area contributed by atoms with Crippen LogP contribution in [0.2, 0.25) is 0 Å². The molecular formula is C14H9F2NO4. The summed E-state index contributed by atoms with van der Waals surface area (Å²) in [5, 5.41) is 10.6. The van der Waals surface area contributed by atoms with Crippen molar-refractivity contribution in [2.75, 3.05) is 0 Å². The number of carbonyl (C=O) groups excluding carboxylic acids is 1. The van der Waals surface area contributed by atoms with Gasteiger partial charge in [0.1, 0.15) is 24.0 Å². The molecule has 0 aromatic heterocycles. The highest BCUT2D eigenvalue weighted by atomic mass is 19.1. The first-order chi connectivity index (χ1) is 9.99. The third-order valence-electron chi connectivity index (χ3n) is 2.65. The summed E-state index contributed by atoms with van der Waals surface area (Å²) in [4.78, 5) is 20.9. The third kappa shape index (κ3) is 3.59. The molecule has 0 unspecified atom stereocenters. The number of nitro groups is 1. The van der Waals surface area contributed by atoms with E-state index >= 15 is 0 Å². The first-order valence-electron chi connectivity index (χ1n) is 5.81. The second kappa shape index (κ2) is 6.08. The van der Waals surface area contributed by atoms with E-state index in [0.717, 1.165) is 24.3 Å². The Morgan fingerprint density at radius 3 is 2.38 bits per heavy atom. The standard InChI is InChI=1S/C14H9F2NO4/c15-11-3-9(4-12(16)6-11)8-21-14-2-1-13(17(19)20)5-10(14)7-18/h1-7H,8H2. The molecule has 2 aromatic rings. The molecule has 5 nitrogen and oxygen atoms in total. The van der Waals surface area contributed by atoms with Crippen LogP contribution in [0, 0.1) is 21.7 Å². The van der Waals surface area contributed by atoms with Crippen LogP contribution in [0.5, 0.6) is 5.75 Å². The quantitative estimate of drug-likeness (QED) is 0.482. The molecule has 0 aliphatic carbocycles. The minimum Gasteiger partial charge on any atom is -0.488 e. The molecule has 0 bridgehead atoms. The van der Waals surface area contributed by atoms with Crippen molar-refractivity contribution >= 4 is 12.0 Å². The monoisotopic (exact) mass is 293 g/mol. The summed E-state index contributed by atoms with van der Waals surface area (Å²) in [5.41, 5.74) is -0.0231. The smallest absolute Gasteiger partial charge is 0.270 e. The molecule has 0 fully saturated rings. The Morgan fingerprint density at radius 1 is 1.14 bits per heavy atom. The van der Waals surface area contributed by atoms with E-state index in [-0.39, 0.29) is 29.2 Å². The van der Waals surface area contributed by atoms with Gasteiger partial charge in [-0.05, 0) is 23.8 Å². The van der Waals surface area contributed by atoms with E-state index < -0.39 is 16.6 Å². The van der Waals surface area contributed by atoms with Crippen molar-refractivity contribution < 1.29 is 23.2 Å². The Balaban J connectivity index is 2.19. The maximum absolute atomic E-state index is 13.0. The molecule has 0 radical (unpaired) electrons. The van der Waals surface area contributed by atoms with Gasteiger partial charge in [0.25, 0.3) is 5.69 Å². The van der Waals surface area contributed by atoms with E-state index in [1.54, 1.807) is 0 Å². The number of halogens is 2. The third-order valence-corrected chi connectivity index (χ3v) is 2.65. The second-order valence-electron chi connectivity index (χ2n) is 4.16. The number of nitro benzene ring substituents is 1. The van der Waals surface area contributed by atoms with E-state index in [4.69, 9.17) is 4.74 Å². The maximum Gasteiger partial charge on any atom is 0.270 e. The molecule has 0 atom stereocenters. The van der Waals surface area contributed by atoms with E-state index in [1.807, 2.05) is 0 Å². The second-order valence-corrected chi connectivity index (χ2v) is 4.16. The van der Waals surface area contributed by atoms with Crippen LogP contribution in [0.4, 0.5) is 14.5 Å². The number of nitrogens with zero attached hydrogens (tertiary/aromatic N) is 1. The molecule has 0 saturated carbocycles. The predicted molar refractivity (Wildman–Crippen MR) is 69.2 cm³/mol. The Hall–Kier alpha value is -2.83. The van der Waals surface area contributed by atoms with Gasteiger partial charge in [-0.2, -0.15) is 0 Å². The largest absolute Gasteiger partial charge is 0.488 e. The molecule has 108 valence electrons. The number of benzene rings is 2. The Bertz CT molecular complexity index is 683. The summed E-state index contributed by atoms with van der Waals surface area (Å²) in [7, 11) is 0. The van der Waals surface area contributed by atoms with Crippen LogP contribution in [0.3, 0.4) is 0 Å².